The maximum absolute atomic E-state index is 5.97. The second-order valence-electron chi connectivity index (χ2n) is 6.46. The van der Waals surface area contributed by atoms with Crippen molar-refractivity contribution >= 4 is 11.6 Å². The zero-order valence-corrected chi connectivity index (χ0v) is 13.5. The average molecular weight is 280 g/mol. The molecule has 0 saturated heterocycles. The van der Waals surface area contributed by atoms with Gasteiger partial charge >= 0.3 is 0 Å². The Labute approximate surface area is 123 Å². The molecule has 19 heavy (non-hydrogen) atoms. The third-order valence-corrected chi connectivity index (χ3v) is 3.55. The minimum Gasteiger partial charge on any atom is -0.311 e. The minimum absolute atomic E-state index is 0.113. The topological polar surface area (TPSA) is 12.0 Å². The van der Waals surface area contributed by atoms with Gasteiger partial charge in [-0.05, 0) is 44.4 Å². The molecular formula is C17H26ClN. The summed E-state index contributed by atoms with van der Waals surface area (Å²) in [4.78, 5) is 0. The highest BCUT2D eigenvalue weighted by Crippen LogP contribution is 2.29. The average Bonchev–Trinajstić information content (AvgIpc) is 2.29. The van der Waals surface area contributed by atoms with E-state index in [1.807, 2.05) is 12.1 Å². The van der Waals surface area contributed by atoms with Gasteiger partial charge in [0.25, 0.3) is 0 Å². The highest BCUT2D eigenvalue weighted by Gasteiger charge is 2.20. The van der Waals surface area contributed by atoms with E-state index < -0.39 is 0 Å². The van der Waals surface area contributed by atoms with Crippen LogP contribution in [-0.4, -0.2) is 12.1 Å². The van der Waals surface area contributed by atoms with Crippen molar-refractivity contribution < 1.29 is 0 Å². The van der Waals surface area contributed by atoms with E-state index in [0.717, 1.165) is 11.6 Å². The van der Waals surface area contributed by atoms with Crippen LogP contribution in [0.1, 0.15) is 46.1 Å². The van der Waals surface area contributed by atoms with E-state index in [0.29, 0.717) is 11.8 Å². The van der Waals surface area contributed by atoms with Gasteiger partial charge in [0.2, 0.25) is 0 Å². The van der Waals surface area contributed by atoms with Crippen LogP contribution in [0.4, 0.5) is 0 Å². The first-order valence-corrected chi connectivity index (χ1v) is 7.27. The zero-order valence-electron chi connectivity index (χ0n) is 12.8. The molecule has 1 atom stereocenters. The van der Waals surface area contributed by atoms with Crippen molar-refractivity contribution in [2.45, 2.75) is 46.1 Å². The van der Waals surface area contributed by atoms with Crippen molar-refractivity contribution in [3.05, 3.63) is 47.0 Å². The first kappa shape index (κ1) is 16.3. The zero-order chi connectivity index (χ0) is 14.6. The van der Waals surface area contributed by atoms with Crippen LogP contribution < -0.4 is 5.32 Å². The summed E-state index contributed by atoms with van der Waals surface area (Å²) >= 11 is 5.97. The molecule has 2 heteroatoms. The van der Waals surface area contributed by atoms with E-state index in [9.17, 15) is 0 Å². The molecule has 1 N–H and O–H groups in total. The van der Waals surface area contributed by atoms with Crippen molar-refractivity contribution in [3.63, 3.8) is 0 Å². The molecule has 1 aromatic carbocycles. The summed E-state index contributed by atoms with van der Waals surface area (Å²) in [5.41, 5.74) is 2.65. The van der Waals surface area contributed by atoms with Crippen LogP contribution in [-0.2, 0) is 0 Å². The molecule has 0 aliphatic carbocycles. The Hall–Kier alpha value is -0.790. The van der Waals surface area contributed by atoms with Gasteiger partial charge in [-0.15, -0.1) is 0 Å². The maximum Gasteiger partial charge on any atom is 0.0406 e. The largest absolute Gasteiger partial charge is 0.311 e. The molecule has 0 fully saturated rings. The Bertz CT molecular complexity index is 412. The van der Waals surface area contributed by atoms with Gasteiger partial charge in [-0.1, -0.05) is 49.7 Å². The van der Waals surface area contributed by atoms with E-state index in [2.05, 4.69) is 58.6 Å². The molecule has 1 rings (SSSR count). The summed E-state index contributed by atoms with van der Waals surface area (Å²) in [6.07, 6.45) is 0. The Morgan fingerprint density at radius 3 is 2.16 bits per heavy atom. The molecule has 1 nitrogen and oxygen atoms in total. The second-order valence-corrected chi connectivity index (χ2v) is 6.90. The number of rotatable bonds is 5. The Morgan fingerprint density at radius 2 is 1.74 bits per heavy atom. The van der Waals surface area contributed by atoms with Gasteiger partial charge in [-0.25, -0.2) is 0 Å². The van der Waals surface area contributed by atoms with E-state index in [1.165, 1.54) is 11.1 Å². The lowest BCUT2D eigenvalue weighted by Gasteiger charge is -2.28. The summed E-state index contributed by atoms with van der Waals surface area (Å²) < 4.78 is 0. The molecule has 0 aliphatic rings. The van der Waals surface area contributed by atoms with Gasteiger partial charge in [0, 0.05) is 23.0 Å². The molecule has 0 radical (unpaired) electrons. The molecule has 0 saturated carbocycles. The SMILES string of the molecule is C=C(C(C)C)[C@@H](CNC(C)(C)C)c1ccc(Cl)cc1. The molecular weight excluding hydrogens is 254 g/mol. The lowest BCUT2D eigenvalue weighted by molar-refractivity contribution is 0.411. The fraction of sp³-hybridized carbons (Fsp3) is 0.529. The van der Waals surface area contributed by atoms with Gasteiger partial charge in [-0.3, -0.25) is 0 Å². The predicted octanol–water partition coefficient (Wildman–Crippen LogP) is 5.02. The lowest BCUT2D eigenvalue weighted by atomic mass is 9.85. The van der Waals surface area contributed by atoms with Crippen molar-refractivity contribution in [1.29, 1.82) is 0 Å². The monoisotopic (exact) mass is 279 g/mol. The van der Waals surface area contributed by atoms with Crippen LogP contribution in [0, 0.1) is 5.92 Å². The quantitative estimate of drug-likeness (QED) is 0.746. The highest BCUT2D eigenvalue weighted by atomic mass is 35.5. The van der Waals surface area contributed by atoms with E-state index >= 15 is 0 Å². The summed E-state index contributed by atoms with van der Waals surface area (Å²) in [5.74, 6) is 0.805. The van der Waals surface area contributed by atoms with Crippen LogP contribution in [0.15, 0.2) is 36.4 Å². The summed E-state index contributed by atoms with van der Waals surface area (Å²) in [7, 11) is 0. The van der Waals surface area contributed by atoms with Crippen LogP contribution in [0.2, 0.25) is 5.02 Å². The molecule has 106 valence electrons. The van der Waals surface area contributed by atoms with Gasteiger partial charge in [0.15, 0.2) is 0 Å². The molecule has 0 aliphatic heterocycles. The minimum atomic E-state index is 0.113. The van der Waals surface area contributed by atoms with Crippen molar-refractivity contribution in [2.75, 3.05) is 6.54 Å². The summed E-state index contributed by atoms with van der Waals surface area (Å²) in [5, 5.41) is 4.36. The van der Waals surface area contributed by atoms with Gasteiger partial charge in [0.1, 0.15) is 0 Å². The Kier molecular flexibility index (Phi) is 5.64. The number of hydrogen-bond donors (Lipinski definition) is 1. The van der Waals surface area contributed by atoms with Crippen molar-refractivity contribution in [3.8, 4) is 0 Å². The second kappa shape index (κ2) is 6.58. The van der Waals surface area contributed by atoms with Crippen molar-refractivity contribution in [2.24, 2.45) is 5.92 Å². The summed E-state index contributed by atoms with van der Waals surface area (Å²) in [6, 6.07) is 8.11. The Morgan fingerprint density at radius 1 is 1.21 bits per heavy atom. The first-order valence-electron chi connectivity index (χ1n) is 6.90. The number of halogens is 1. The lowest BCUT2D eigenvalue weighted by Crippen LogP contribution is -2.39. The van der Waals surface area contributed by atoms with Crippen LogP contribution in [0.3, 0.4) is 0 Å². The van der Waals surface area contributed by atoms with Crippen LogP contribution in [0.25, 0.3) is 0 Å². The summed E-state index contributed by atoms with van der Waals surface area (Å²) in [6.45, 7) is 16.1. The van der Waals surface area contributed by atoms with Gasteiger partial charge < -0.3 is 5.32 Å². The predicted molar refractivity (Wildman–Crippen MR) is 85.9 cm³/mol. The number of nitrogens with one attached hydrogen (secondary N) is 1. The molecule has 0 spiro atoms. The van der Waals surface area contributed by atoms with Crippen molar-refractivity contribution in [1.82, 2.24) is 5.32 Å². The van der Waals surface area contributed by atoms with Gasteiger partial charge in [-0.2, -0.15) is 0 Å². The molecule has 0 amide bonds. The molecule has 0 bridgehead atoms. The fourth-order valence-electron chi connectivity index (χ4n) is 1.97. The number of hydrogen-bond acceptors (Lipinski definition) is 1. The first-order chi connectivity index (χ1) is 8.70. The van der Waals surface area contributed by atoms with E-state index in [-0.39, 0.29) is 5.54 Å². The van der Waals surface area contributed by atoms with Crippen LogP contribution in [0.5, 0.6) is 0 Å². The molecule has 0 aromatic heterocycles. The highest BCUT2D eigenvalue weighted by molar-refractivity contribution is 6.30. The van der Waals surface area contributed by atoms with E-state index in [4.69, 9.17) is 11.6 Å². The van der Waals surface area contributed by atoms with Gasteiger partial charge in [0.05, 0.1) is 0 Å². The smallest absolute Gasteiger partial charge is 0.0406 e. The Balaban J connectivity index is 2.92. The fourth-order valence-corrected chi connectivity index (χ4v) is 2.09. The van der Waals surface area contributed by atoms with Crippen LogP contribution >= 0.6 is 11.6 Å². The maximum atomic E-state index is 5.97. The van der Waals surface area contributed by atoms with E-state index in [1.54, 1.807) is 0 Å². The number of benzene rings is 1. The molecule has 0 unspecified atom stereocenters. The molecule has 0 heterocycles. The third-order valence-electron chi connectivity index (χ3n) is 3.30. The normalized spacial score (nSPS) is 13.6. The standard InChI is InChI=1S/C17H26ClN/c1-12(2)13(3)16(11-19-17(4,5)6)14-7-9-15(18)10-8-14/h7-10,12,16,19H,3,11H2,1-2,4-6H3/t16-/m1/s1. The molecule has 1 aromatic rings. The third kappa shape index (κ3) is 5.38.